The van der Waals surface area contributed by atoms with E-state index in [1.54, 1.807) is 6.92 Å². The lowest BCUT2D eigenvalue weighted by atomic mass is 10.6. The van der Waals surface area contributed by atoms with Crippen LogP contribution in [-0.2, 0) is 14.6 Å². The molecule has 0 aliphatic rings. The van der Waals surface area contributed by atoms with Crippen LogP contribution in [0.5, 0.6) is 0 Å². The van der Waals surface area contributed by atoms with Gasteiger partial charge in [-0.15, -0.1) is 0 Å². The largest absolute Gasteiger partial charge is 0.369 e. The summed E-state index contributed by atoms with van der Waals surface area (Å²) >= 11 is 0. The fourth-order valence-electron chi connectivity index (χ4n) is 0.584. The predicted octanol–water partition coefficient (Wildman–Crippen LogP) is -1.50. The van der Waals surface area contributed by atoms with Crippen molar-refractivity contribution in [1.82, 2.24) is 5.32 Å². The minimum Gasteiger partial charge on any atom is -0.369 e. The van der Waals surface area contributed by atoms with Crippen LogP contribution in [0.15, 0.2) is 0 Å². The van der Waals surface area contributed by atoms with Crippen molar-refractivity contribution < 1.29 is 13.2 Å². The number of sulfone groups is 1. The van der Waals surface area contributed by atoms with Gasteiger partial charge in [-0.2, -0.15) is 0 Å². The number of hydrogen-bond donors (Lipinski definition) is 2. The standard InChI is InChI=1S/C6H14N2O3S/c1-2-12(10,11)4-3-8-5-6(7)9/h8H,2-5H2,1H3,(H2,7,9). The van der Waals surface area contributed by atoms with E-state index in [1.165, 1.54) is 0 Å². The van der Waals surface area contributed by atoms with Crippen LogP contribution in [0.4, 0.5) is 0 Å². The van der Waals surface area contributed by atoms with E-state index in [-0.39, 0.29) is 24.6 Å². The monoisotopic (exact) mass is 194 g/mol. The van der Waals surface area contributed by atoms with E-state index in [1.807, 2.05) is 0 Å². The molecule has 0 spiro atoms. The summed E-state index contributed by atoms with van der Waals surface area (Å²) in [5.74, 6) is -0.300. The van der Waals surface area contributed by atoms with Gasteiger partial charge in [0.2, 0.25) is 5.91 Å². The fraction of sp³-hybridized carbons (Fsp3) is 0.833. The summed E-state index contributed by atoms with van der Waals surface area (Å²) in [6, 6.07) is 0. The van der Waals surface area contributed by atoms with Crippen molar-refractivity contribution in [3.05, 3.63) is 0 Å². The zero-order valence-electron chi connectivity index (χ0n) is 7.04. The van der Waals surface area contributed by atoms with Crippen LogP contribution in [0.2, 0.25) is 0 Å². The van der Waals surface area contributed by atoms with Crippen LogP contribution in [0.25, 0.3) is 0 Å². The van der Waals surface area contributed by atoms with Gasteiger partial charge in [-0.1, -0.05) is 6.92 Å². The molecule has 0 aromatic carbocycles. The van der Waals surface area contributed by atoms with Crippen molar-refractivity contribution in [2.24, 2.45) is 5.73 Å². The number of carbonyl (C=O) groups is 1. The summed E-state index contributed by atoms with van der Waals surface area (Å²) < 4.78 is 21.8. The molecule has 72 valence electrons. The molecule has 0 saturated heterocycles. The van der Waals surface area contributed by atoms with Gasteiger partial charge in [0, 0.05) is 12.3 Å². The Morgan fingerprint density at radius 3 is 2.50 bits per heavy atom. The van der Waals surface area contributed by atoms with Gasteiger partial charge in [0.25, 0.3) is 0 Å². The Morgan fingerprint density at radius 2 is 2.08 bits per heavy atom. The average Bonchev–Trinajstić information content (AvgIpc) is 1.98. The fourth-order valence-corrected chi connectivity index (χ4v) is 1.33. The van der Waals surface area contributed by atoms with Gasteiger partial charge >= 0.3 is 0 Å². The summed E-state index contributed by atoms with van der Waals surface area (Å²) in [6.07, 6.45) is 0. The Kier molecular flexibility index (Phi) is 4.84. The molecule has 3 N–H and O–H groups in total. The van der Waals surface area contributed by atoms with Crippen LogP contribution >= 0.6 is 0 Å². The highest BCUT2D eigenvalue weighted by molar-refractivity contribution is 7.91. The lowest BCUT2D eigenvalue weighted by molar-refractivity contribution is -0.117. The topological polar surface area (TPSA) is 89.3 Å². The molecule has 0 aromatic heterocycles. The van der Waals surface area contributed by atoms with Gasteiger partial charge in [0.05, 0.1) is 12.3 Å². The Bertz CT molecular complexity index is 235. The molecule has 0 aliphatic heterocycles. The van der Waals surface area contributed by atoms with Crippen LogP contribution < -0.4 is 11.1 Å². The number of amides is 1. The molecule has 0 heterocycles. The summed E-state index contributed by atoms with van der Waals surface area (Å²) in [5.41, 5.74) is 4.82. The van der Waals surface area contributed by atoms with Crippen molar-refractivity contribution in [3.8, 4) is 0 Å². The highest BCUT2D eigenvalue weighted by Crippen LogP contribution is 1.86. The molecule has 0 unspecified atom stereocenters. The molecule has 0 aliphatic carbocycles. The molecule has 0 fully saturated rings. The van der Waals surface area contributed by atoms with Gasteiger partial charge in [0.1, 0.15) is 0 Å². The second-order valence-electron chi connectivity index (χ2n) is 2.38. The number of nitrogens with one attached hydrogen (secondary N) is 1. The number of hydrogen-bond acceptors (Lipinski definition) is 4. The van der Waals surface area contributed by atoms with Crippen LogP contribution in [-0.4, -0.2) is 38.9 Å². The van der Waals surface area contributed by atoms with Gasteiger partial charge in [-0.05, 0) is 0 Å². The van der Waals surface area contributed by atoms with E-state index in [4.69, 9.17) is 5.73 Å². The molecule has 0 bridgehead atoms. The van der Waals surface area contributed by atoms with Gasteiger partial charge in [0.15, 0.2) is 9.84 Å². The first-order chi connectivity index (χ1) is 5.48. The molecule has 0 rings (SSSR count). The molecular formula is C6H14N2O3S. The highest BCUT2D eigenvalue weighted by Gasteiger charge is 2.05. The average molecular weight is 194 g/mol. The second kappa shape index (κ2) is 5.10. The van der Waals surface area contributed by atoms with Gasteiger partial charge in [-0.25, -0.2) is 8.42 Å². The summed E-state index contributed by atoms with van der Waals surface area (Å²) in [4.78, 5) is 10.2. The minimum atomic E-state index is -2.93. The maximum Gasteiger partial charge on any atom is 0.231 e. The Morgan fingerprint density at radius 1 is 1.50 bits per heavy atom. The van der Waals surface area contributed by atoms with Crippen molar-refractivity contribution in [1.29, 1.82) is 0 Å². The number of carbonyl (C=O) groups excluding carboxylic acids is 1. The molecular weight excluding hydrogens is 180 g/mol. The van der Waals surface area contributed by atoms with E-state index in [2.05, 4.69) is 5.32 Å². The zero-order valence-corrected chi connectivity index (χ0v) is 7.86. The van der Waals surface area contributed by atoms with Crippen molar-refractivity contribution >= 4 is 15.7 Å². The summed E-state index contributed by atoms with van der Waals surface area (Å²) in [7, 11) is -2.93. The Balaban J connectivity index is 3.51. The van der Waals surface area contributed by atoms with E-state index in [0.717, 1.165) is 0 Å². The molecule has 12 heavy (non-hydrogen) atoms. The van der Waals surface area contributed by atoms with Crippen molar-refractivity contribution in [3.63, 3.8) is 0 Å². The first-order valence-electron chi connectivity index (χ1n) is 3.67. The van der Waals surface area contributed by atoms with Crippen LogP contribution in [0, 0.1) is 0 Å². The SMILES string of the molecule is CCS(=O)(=O)CCNCC(N)=O. The summed E-state index contributed by atoms with van der Waals surface area (Å²) in [5, 5.41) is 2.62. The Hall–Kier alpha value is -0.620. The van der Waals surface area contributed by atoms with Crippen LogP contribution in [0.1, 0.15) is 6.92 Å². The third-order valence-electron chi connectivity index (χ3n) is 1.33. The number of primary amides is 1. The smallest absolute Gasteiger partial charge is 0.231 e. The third kappa shape index (κ3) is 6.11. The van der Waals surface area contributed by atoms with E-state index in [9.17, 15) is 13.2 Å². The maximum absolute atomic E-state index is 10.9. The zero-order chi connectivity index (χ0) is 9.61. The number of rotatable bonds is 6. The lowest BCUT2D eigenvalue weighted by Gasteiger charge is -2.01. The molecule has 5 nitrogen and oxygen atoms in total. The van der Waals surface area contributed by atoms with E-state index >= 15 is 0 Å². The predicted molar refractivity (Wildman–Crippen MR) is 46.4 cm³/mol. The first-order valence-corrected chi connectivity index (χ1v) is 5.49. The maximum atomic E-state index is 10.9. The third-order valence-corrected chi connectivity index (χ3v) is 3.03. The summed E-state index contributed by atoms with van der Waals surface area (Å²) in [6.45, 7) is 1.89. The van der Waals surface area contributed by atoms with Crippen molar-refractivity contribution in [2.45, 2.75) is 6.92 Å². The molecule has 0 radical (unpaired) electrons. The van der Waals surface area contributed by atoms with Crippen molar-refractivity contribution in [2.75, 3.05) is 24.6 Å². The van der Waals surface area contributed by atoms with Crippen LogP contribution in [0.3, 0.4) is 0 Å². The van der Waals surface area contributed by atoms with E-state index in [0.29, 0.717) is 0 Å². The molecule has 1 amide bonds. The Labute approximate surface area is 72.2 Å². The second-order valence-corrected chi connectivity index (χ2v) is 4.85. The molecule has 0 aromatic rings. The van der Waals surface area contributed by atoms with Gasteiger partial charge in [-0.3, -0.25) is 4.79 Å². The van der Waals surface area contributed by atoms with Gasteiger partial charge < -0.3 is 11.1 Å². The lowest BCUT2D eigenvalue weighted by Crippen LogP contribution is -2.32. The quantitative estimate of drug-likeness (QED) is 0.503. The highest BCUT2D eigenvalue weighted by atomic mass is 32.2. The first kappa shape index (κ1) is 11.4. The number of nitrogens with two attached hydrogens (primary N) is 1. The van der Waals surface area contributed by atoms with E-state index < -0.39 is 15.7 Å². The molecule has 0 atom stereocenters. The minimum absolute atomic E-state index is 0.0270. The molecule has 0 saturated carbocycles. The normalized spacial score (nSPS) is 11.4. The molecule has 6 heteroatoms.